The van der Waals surface area contributed by atoms with Crippen molar-refractivity contribution in [3.8, 4) is 23.0 Å². The number of ether oxygens (including phenoxy) is 1. The number of aliphatic hydroxyl groups is 1. The van der Waals surface area contributed by atoms with Crippen LogP contribution in [0.2, 0.25) is 0 Å². The molecule has 4 rings (SSSR count). The fourth-order valence-corrected chi connectivity index (χ4v) is 3.92. The van der Waals surface area contributed by atoms with Crippen molar-refractivity contribution >= 4 is 11.0 Å². The van der Waals surface area contributed by atoms with Gasteiger partial charge in [-0.2, -0.15) is 0 Å². The van der Waals surface area contributed by atoms with E-state index in [4.69, 9.17) is 13.6 Å². The Balaban J connectivity index is 1.46. The number of hydrogen-bond acceptors (Lipinski definition) is 7. The van der Waals surface area contributed by atoms with Crippen molar-refractivity contribution < 1.29 is 23.8 Å². The molecule has 2 aromatic heterocycles. The van der Waals surface area contributed by atoms with Crippen LogP contribution in [0.3, 0.4) is 0 Å². The Morgan fingerprint density at radius 1 is 1.16 bits per heavy atom. The molecule has 7 nitrogen and oxygen atoms in total. The number of allylic oxidation sites excluding steroid dienone is 2. The lowest BCUT2D eigenvalue weighted by Crippen LogP contribution is -2.51. The molecule has 3 N–H and O–H groups in total. The Morgan fingerprint density at radius 3 is 2.75 bits per heavy atom. The molecule has 2 atom stereocenters. The fourth-order valence-electron chi connectivity index (χ4n) is 3.92. The smallest absolute Gasteiger partial charge is 0.343 e. The lowest BCUT2D eigenvalue weighted by molar-refractivity contribution is 0.00838. The maximum absolute atomic E-state index is 12.0. The molecule has 1 aromatic carbocycles. The van der Waals surface area contributed by atoms with Crippen molar-refractivity contribution in [2.24, 2.45) is 5.92 Å². The van der Waals surface area contributed by atoms with E-state index < -0.39 is 11.4 Å². The van der Waals surface area contributed by atoms with Gasteiger partial charge < -0.3 is 23.8 Å². The van der Waals surface area contributed by atoms with Crippen molar-refractivity contribution in [1.29, 1.82) is 0 Å². The molecule has 7 heteroatoms. The summed E-state index contributed by atoms with van der Waals surface area (Å²) in [6, 6.07) is 7.14. The molecule has 0 radical (unpaired) electrons. The minimum atomic E-state index is -1.07. The van der Waals surface area contributed by atoms with Crippen LogP contribution >= 0.6 is 0 Å². The molecule has 2 unspecified atom stereocenters. The van der Waals surface area contributed by atoms with E-state index in [1.807, 2.05) is 31.2 Å². The number of benzene rings is 1. The molecule has 1 aliphatic carbocycles. The Labute approximate surface area is 185 Å². The highest BCUT2D eigenvalue weighted by molar-refractivity contribution is 5.84. The second kappa shape index (κ2) is 8.68. The molecule has 168 valence electrons. The van der Waals surface area contributed by atoms with Crippen LogP contribution in [0.1, 0.15) is 24.5 Å². The number of hydrogen-bond donors (Lipinski definition) is 3. The van der Waals surface area contributed by atoms with E-state index in [0.717, 1.165) is 11.8 Å². The van der Waals surface area contributed by atoms with Crippen LogP contribution in [-0.4, -0.2) is 29.1 Å². The number of rotatable bonds is 7. The third-order valence-electron chi connectivity index (χ3n) is 5.85. The van der Waals surface area contributed by atoms with Crippen LogP contribution in [0.4, 0.5) is 0 Å². The fraction of sp³-hybridized carbons (Fsp3) is 0.320. The molecule has 32 heavy (non-hydrogen) atoms. The van der Waals surface area contributed by atoms with Crippen LogP contribution in [0, 0.1) is 19.8 Å². The second-order valence-electron chi connectivity index (χ2n) is 7.99. The van der Waals surface area contributed by atoms with Gasteiger partial charge in [0.2, 0.25) is 0 Å². The summed E-state index contributed by atoms with van der Waals surface area (Å²) < 4.78 is 17.0. The quantitative estimate of drug-likeness (QED) is 0.376. The molecule has 0 amide bonds. The normalized spacial score (nSPS) is 20.2. The van der Waals surface area contributed by atoms with E-state index in [0.29, 0.717) is 35.8 Å². The molecule has 2 heterocycles. The summed E-state index contributed by atoms with van der Waals surface area (Å²) in [7, 11) is 0. The molecule has 0 fully saturated rings. The van der Waals surface area contributed by atoms with Gasteiger partial charge in [0.05, 0.1) is 5.56 Å². The highest BCUT2D eigenvalue weighted by atomic mass is 16.5. The lowest BCUT2D eigenvalue weighted by Gasteiger charge is -2.34. The predicted molar refractivity (Wildman–Crippen MR) is 122 cm³/mol. The van der Waals surface area contributed by atoms with E-state index in [2.05, 4.69) is 5.32 Å². The maximum Gasteiger partial charge on any atom is 0.343 e. The van der Waals surface area contributed by atoms with Crippen LogP contribution < -0.4 is 15.7 Å². The maximum atomic E-state index is 12.0. The summed E-state index contributed by atoms with van der Waals surface area (Å²) >= 11 is 0. The molecular weight excluding hydrogens is 410 g/mol. The predicted octanol–water partition coefficient (Wildman–Crippen LogP) is 4.18. The summed E-state index contributed by atoms with van der Waals surface area (Å²) in [5.74, 6) is 1.12. The highest BCUT2D eigenvalue weighted by Crippen LogP contribution is 2.34. The molecule has 0 saturated heterocycles. The zero-order valence-corrected chi connectivity index (χ0v) is 18.3. The molecule has 0 saturated carbocycles. The number of furan rings is 1. The van der Waals surface area contributed by atoms with Gasteiger partial charge in [-0.25, -0.2) is 4.79 Å². The summed E-state index contributed by atoms with van der Waals surface area (Å²) in [4.78, 5) is 12.0. The van der Waals surface area contributed by atoms with Crippen LogP contribution in [0.5, 0.6) is 11.5 Å². The first-order chi connectivity index (χ1) is 15.3. The number of fused-ring (bicyclic) bond motifs is 1. The van der Waals surface area contributed by atoms with Gasteiger partial charge in [0, 0.05) is 23.4 Å². The van der Waals surface area contributed by atoms with Crippen molar-refractivity contribution in [2.75, 3.05) is 13.2 Å². The summed E-state index contributed by atoms with van der Waals surface area (Å²) in [6.07, 6.45) is 8.37. The SMILES string of the molecule is CCC1C=CC=CC1(O)NCCOc1ccc2oc(-c3oc(=O)c(C)c(O)c3C)cc2c1. The van der Waals surface area contributed by atoms with Crippen molar-refractivity contribution in [1.82, 2.24) is 5.32 Å². The molecular formula is C25H27NO6. The van der Waals surface area contributed by atoms with E-state index in [-0.39, 0.29) is 23.0 Å². The Kier molecular flexibility index (Phi) is 5.95. The first-order valence-corrected chi connectivity index (χ1v) is 10.7. The van der Waals surface area contributed by atoms with Gasteiger partial charge in [-0.15, -0.1) is 0 Å². The van der Waals surface area contributed by atoms with Crippen molar-refractivity contribution in [2.45, 2.75) is 32.9 Å². The highest BCUT2D eigenvalue weighted by Gasteiger charge is 2.31. The van der Waals surface area contributed by atoms with Gasteiger partial charge >= 0.3 is 5.63 Å². The topological polar surface area (TPSA) is 105 Å². The molecule has 1 aliphatic rings. The minimum Gasteiger partial charge on any atom is -0.507 e. The number of aromatic hydroxyl groups is 1. The lowest BCUT2D eigenvalue weighted by atomic mass is 9.89. The van der Waals surface area contributed by atoms with Crippen LogP contribution in [0.15, 0.2) is 62.2 Å². The van der Waals surface area contributed by atoms with Gasteiger partial charge in [-0.05, 0) is 50.6 Å². The van der Waals surface area contributed by atoms with Gasteiger partial charge in [0.25, 0.3) is 0 Å². The Bertz CT molecular complexity index is 1250. The molecule has 0 spiro atoms. The average Bonchev–Trinajstić information content (AvgIpc) is 3.21. The van der Waals surface area contributed by atoms with Gasteiger partial charge in [0.15, 0.2) is 11.5 Å². The largest absolute Gasteiger partial charge is 0.507 e. The summed E-state index contributed by atoms with van der Waals surface area (Å²) in [5, 5.41) is 24.9. The summed E-state index contributed by atoms with van der Waals surface area (Å²) in [6.45, 7) is 6.05. The van der Waals surface area contributed by atoms with Gasteiger partial charge in [0.1, 0.15) is 29.4 Å². The van der Waals surface area contributed by atoms with Crippen LogP contribution in [-0.2, 0) is 0 Å². The van der Waals surface area contributed by atoms with Crippen molar-refractivity contribution in [3.63, 3.8) is 0 Å². The molecule has 3 aromatic rings. The first kappa shape index (κ1) is 21.9. The van der Waals surface area contributed by atoms with Gasteiger partial charge in [-0.3, -0.25) is 5.32 Å². The summed E-state index contributed by atoms with van der Waals surface area (Å²) in [5.41, 5.74) is -0.459. The van der Waals surface area contributed by atoms with Crippen LogP contribution in [0.25, 0.3) is 22.5 Å². The van der Waals surface area contributed by atoms with E-state index >= 15 is 0 Å². The number of nitrogens with one attached hydrogen (secondary N) is 1. The van der Waals surface area contributed by atoms with E-state index in [1.54, 1.807) is 31.2 Å². The van der Waals surface area contributed by atoms with E-state index in [1.165, 1.54) is 6.92 Å². The second-order valence-corrected chi connectivity index (χ2v) is 7.99. The van der Waals surface area contributed by atoms with E-state index in [9.17, 15) is 15.0 Å². The first-order valence-electron chi connectivity index (χ1n) is 10.7. The third kappa shape index (κ3) is 4.09. The Hall–Kier alpha value is -3.29. The standard InChI is InChI=1S/C25H27NO6/c1-4-18-7-5-6-10-25(18,29)26-11-12-30-19-8-9-20-17(13-19)14-21(31-20)23-15(2)22(27)16(3)24(28)32-23/h5-10,13-14,18,26-27,29H,4,11-12H2,1-3H3. The van der Waals surface area contributed by atoms with Crippen molar-refractivity contribution in [3.05, 3.63) is 70.1 Å². The third-order valence-corrected chi connectivity index (χ3v) is 5.85. The molecule has 0 aliphatic heterocycles. The monoisotopic (exact) mass is 437 g/mol. The zero-order valence-electron chi connectivity index (χ0n) is 18.3. The minimum absolute atomic E-state index is 0.0120. The van der Waals surface area contributed by atoms with Gasteiger partial charge in [-0.1, -0.05) is 25.2 Å². The molecule has 0 bridgehead atoms. The average molecular weight is 437 g/mol. The Morgan fingerprint density at radius 2 is 1.97 bits per heavy atom. The zero-order chi connectivity index (χ0) is 22.9.